The number of nitro groups is 1. The van der Waals surface area contributed by atoms with Gasteiger partial charge in [-0.3, -0.25) is 24.8 Å². The van der Waals surface area contributed by atoms with Crippen molar-refractivity contribution in [3.8, 4) is 11.1 Å². The second-order valence-electron chi connectivity index (χ2n) is 12.1. The van der Waals surface area contributed by atoms with E-state index < -0.39 is 73.1 Å². The molecule has 0 aliphatic carbocycles. The maximum atomic E-state index is 14.5. The van der Waals surface area contributed by atoms with E-state index in [0.717, 1.165) is 39.5 Å². The summed E-state index contributed by atoms with van der Waals surface area (Å²) in [6.45, 7) is -2.89. The zero-order valence-corrected chi connectivity index (χ0v) is 26.2. The highest BCUT2D eigenvalue weighted by atomic mass is 19.4. The SMILES string of the molecule is COC(=O)[C@H](Cc1cccc2c(-c3cc(CC[N+](=O)[O-])cc4ccncc34)cccc12)NC(=O)C1(C(F)(F)F)CCN(CC(F)(F)F)CC1. The maximum Gasteiger partial charge on any atom is 0.403 e. The van der Waals surface area contributed by atoms with E-state index in [-0.39, 0.29) is 19.4 Å². The number of ether oxygens (including phenoxy) is 1. The summed E-state index contributed by atoms with van der Waals surface area (Å²) in [5.74, 6) is -2.50. The summed E-state index contributed by atoms with van der Waals surface area (Å²) in [5, 5.41) is 16.2. The van der Waals surface area contributed by atoms with Crippen LogP contribution in [0.4, 0.5) is 26.3 Å². The van der Waals surface area contributed by atoms with Gasteiger partial charge in [-0.15, -0.1) is 0 Å². The van der Waals surface area contributed by atoms with Crippen LogP contribution in [0.5, 0.6) is 0 Å². The number of esters is 1. The Hall–Kier alpha value is -4.79. The topological polar surface area (TPSA) is 115 Å². The average molecular weight is 691 g/mol. The summed E-state index contributed by atoms with van der Waals surface area (Å²) in [4.78, 5) is 42.1. The molecule has 260 valence electrons. The fraction of sp³-hybridized carbons (Fsp3) is 0.382. The van der Waals surface area contributed by atoms with Gasteiger partial charge in [0.25, 0.3) is 0 Å². The zero-order chi connectivity index (χ0) is 35.6. The number of rotatable bonds is 10. The van der Waals surface area contributed by atoms with Gasteiger partial charge in [0.05, 0.1) is 13.7 Å². The predicted octanol–water partition coefficient (Wildman–Crippen LogP) is 6.28. The lowest BCUT2D eigenvalue weighted by Gasteiger charge is -2.42. The molecule has 15 heteroatoms. The summed E-state index contributed by atoms with van der Waals surface area (Å²) < 4.78 is 86.9. The monoisotopic (exact) mass is 690 g/mol. The van der Waals surface area contributed by atoms with Crippen LogP contribution in [0.15, 0.2) is 67.0 Å². The lowest BCUT2D eigenvalue weighted by Crippen LogP contribution is -2.59. The number of aromatic nitrogens is 1. The third-order valence-corrected chi connectivity index (χ3v) is 9.01. The summed E-state index contributed by atoms with van der Waals surface area (Å²) in [5.41, 5.74) is -0.283. The molecule has 2 heterocycles. The van der Waals surface area contributed by atoms with Gasteiger partial charge in [0.2, 0.25) is 12.5 Å². The number of nitrogens with one attached hydrogen (secondary N) is 1. The first-order valence-corrected chi connectivity index (χ1v) is 15.4. The first-order chi connectivity index (χ1) is 23.1. The zero-order valence-electron chi connectivity index (χ0n) is 26.2. The molecule has 1 atom stereocenters. The number of carbonyl (C=O) groups is 2. The molecular formula is C34H32F6N4O5. The molecule has 1 fully saturated rings. The molecule has 9 nitrogen and oxygen atoms in total. The van der Waals surface area contributed by atoms with Gasteiger partial charge in [0, 0.05) is 35.5 Å². The number of benzene rings is 3. The molecule has 0 radical (unpaired) electrons. The van der Waals surface area contributed by atoms with Crippen molar-refractivity contribution >= 4 is 33.4 Å². The average Bonchev–Trinajstić information content (AvgIpc) is 3.05. The van der Waals surface area contributed by atoms with E-state index in [4.69, 9.17) is 4.74 Å². The van der Waals surface area contributed by atoms with Crippen molar-refractivity contribution < 1.29 is 45.6 Å². The van der Waals surface area contributed by atoms with Crippen LogP contribution in [0.3, 0.4) is 0 Å². The summed E-state index contributed by atoms with van der Waals surface area (Å²) in [6, 6.07) is 14.5. The molecule has 4 aromatic rings. The minimum Gasteiger partial charge on any atom is -0.467 e. The van der Waals surface area contributed by atoms with Crippen LogP contribution in [0.25, 0.3) is 32.7 Å². The van der Waals surface area contributed by atoms with Gasteiger partial charge in [0.1, 0.15) is 11.5 Å². The highest BCUT2D eigenvalue weighted by Gasteiger charge is 2.61. The lowest BCUT2D eigenvalue weighted by molar-refractivity contribution is -0.479. The number of fused-ring (bicyclic) bond motifs is 2. The Kier molecular flexibility index (Phi) is 10.1. The van der Waals surface area contributed by atoms with E-state index in [1.807, 2.05) is 24.3 Å². The molecule has 49 heavy (non-hydrogen) atoms. The van der Waals surface area contributed by atoms with Crippen molar-refractivity contribution in [1.29, 1.82) is 0 Å². The summed E-state index contributed by atoms with van der Waals surface area (Å²) in [6.07, 6.45) is -8.30. The fourth-order valence-corrected chi connectivity index (χ4v) is 6.47. The number of hydrogen-bond acceptors (Lipinski definition) is 7. The molecule has 1 amide bonds. The fourth-order valence-electron chi connectivity index (χ4n) is 6.47. The molecule has 1 aliphatic rings. The first-order valence-electron chi connectivity index (χ1n) is 15.4. The van der Waals surface area contributed by atoms with Crippen molar-refractivity contribution in [2.45, 2.75) is 44.1 Å². The molecule has 1 aromatic heterocycles. The molecule has 3 aromatic carbocycles. The summed E-state index contributed by atoms with van der Waals surface area (Å²) in [7, 11) is 1.03. The third-order valence-electron chi connectivity index (χ3n) is 9.01. The molecule has 0 spiro atoms. The van der Waals surface area contributed by atoms with Gasteiger partial charge in [-0.25, -0.2) is 4.79 Å². The van der Waals surface area contributed by atoms with E-state index in [0.29, 0.717) is 16.3 Å². The number of nitrogens with zero attached hydrogens (tertiary/aromatic N) is 3. The molecule has 0 saturated carbocycles. The Morgan fingerprint density at radius 3 is 2.35 bits per heavy atom. The van der Waals surface area contributed by atoms with E-state index in [1.165, 1.54) is 0 Å². The minimum absolute atomic E-state index is 0.189. The number of alkyl halides is 6. The van der Waals surface area contributed by atoms with Gasteiger partial charge in [-0.05, 0) is 70.4 Å². The van der Waals surface area contributed by atoms with Crippen LogP contribution < -0.4 is 5.32 Å². The van der Waals surface area contributed by atoms with Crippen LogP contribution in [-0.2, 0) is 27.2 Å². The largest absolute Gasteiger partial charge is 0.467 e. The number of methoxy groups -OCH3 is 1. The number of carbonyl (C=O) groups excluding carboxylic acids is 2. The van der Waals surface area contributed by atoms with E-state index in [2.05, 4.69) is 10.3 Å². The van der Waals surface area contributed by atoms with E-state index in [9.17, 15) is 46.0 Å². The Morgan fingerprint density at radius 2 is 1.69 bits per heavy atom. The highest BCUT2D eigenvalue weighted by Crippen LogP contribution is 2.47. The number of amides is 1. The van der Waals surface area contributed by atoms with Gasteiger partial charge < -0.3 is 10.1 Å². The standard InChI is InChI=1S/C34H32F6N4O5/c1-49-30(45)29(42-31(46)32(34(38,39)40)10-14-43(15-11-32)20-33(35,36)37)18-22-4-2-6-25-24(22)5-3-7-26(25)27-17-21(9-13-44(47)48)16-23-8-12-41-19-28(23)27/h2-8,12,16-17,19,29H,9-11,13-15,18,20H2,1H3,(H,42,46)/t29-/m0/s1. The van der Waals surface area contributed by atoms with Crippen molar-refractivity contribution in [3.63, 3.8) is 0 Å². The Morgan fingerprint density at radius 1 is 1.00 bits per heavy atom. The number of pyridine rings is 1. The van der Waals surface area contributed by atoms with Crippen LogP contribution in [-0.4, -0.2) is 78.4 Å². The number of piperidine rings is 1. The number of hydrogen-bond donors (Lipinski definition) is 1. The minimum atomic E-state index is -5.09. The van der Waals surface area contributed by atoms with E-state index in [1.54, 1.807) is 42.7 Å². The molecule has 0 bridgehead atoms. The predicted molar refractivity (Wildman–Crippen MR) is 168 cm³/mol. The number of halogens is 6. The van der Waals surface area contributed by atoms with Crippen molar-refractivity contribution in [1.82, 2.24) is 15.2 Å². The number of likely N-dealkylation sites (tertiary alicyclic amines) is 1. The Bertz CT molecular complexity index is 1870. The first kappa shape index (κ1) is 35.5. The third kappa shape index (κ3) is 7.77. The van der Waals surface area contributed by atoms with Crippen LogP contribution >= 0.6 is 0 Å². The smallest absolute Gasteiger partial charge is 0.403 e. The van der Waals surface area contributed by atoms with Crippen LogP contribution in [0, 0.1) is 15.5 Å². The van der Waals surface area contributed by atoms with Gasteiger partial charge in [-0.2, -0.15) is 26.3 Å². The quantitative estimate of drug-likeness (QED) is 0.0902. The normalized spacial score (nSPS) is 16.0. The van der Waals surface area contributed by atoms with Gasteiger partial charge in [-0.1, -0.05) is 48.5 Å². The maximum absolute atomic E-state index is 14.5. The lowest BCUT2D eigenvalue weighted by atomic mass is 9.76. The van der Waals surface area contributed by atoms with Crippen molar-refractivity contribution in [2.24, 2.45) is 5.41 Å². The Balaban J connectivity index is 1.48. The van der Waals surface area contributed by atoms with Gasteiger partial charge in [0.15, 0.2) is 0 Å². The van der Waals surface area contributed by atoms with Crippen molar-refractivity contribution in [3.05, 3.63) is 88.2 Å². The second-order valence-corrected chi connectivity index (χ2v) is 12.1. The second kappa shape index (κ2) is 14.0. The van der Waals surface area contributed by atoms with Gasteiger partial charge >= 0.3 is 18.3 Å². The van der Waals surface area contributed by atoms with E-state index >= 15 is 0 Å². The molecule has 5 rings (SSSR count). The summed E-state index contributed by atoms with van der Waals surface area (Å²) >= 11 is 0. The molecule has 0 unspecified atom stereocenters. The molecule has 1 saturated heterocycles. The molecular weight excluding hydrogens is 658 g/mol. The highest BCUT2D eigenvalue weighted by molar-refractivity contribution is 6.06. The Labute approximate surface area is 276 Å². The molecule has 1 N–H and O–H groups in total. The van der Waals surface area contributed by atoms with Crippen LogP contribution in [0.1, 0.15) is 24.0 Å². The molecule has 1 aliphatic heterocycles. The van der Waals surface area contributed by atoms with Crippen molar-refractivity contribution in [2.75, 3.05) is 33.3 Å². The van der Waals surface area contributed by atoms with Crippen LogP contribution in [0.2, 0.25) is 0 Å².